The maximum absolute atomic E-state index is 13.6. The molecule has 3 aromatic rings. The van der Waals surface area contributed by atoms with E-state index < -0.39 is 11.7 Å². The lowest BCUT2D eigenvalue weighted by Gasteiger charge is -2.28. The molecule has 178 valence electrons. The van der Waals surface area contributed by atoms with Crippen LogP contribution in [0.15, 0.2) is 36.5 Å². The van der Waals surface area contributed by atoms with Gasteiger partial charge in [-0.1, -0.05) is 0 Å². The number of benzene rings is 1. The minimum absolute atomic E-state index is 0.0707. The van der Waals surface area contributed by atoms with Crippen LogP contribution >= 0.6 is 0 Å². The number of hydrogen-bond donors (Lipinski definition) is 1. The zero-order chi connectivity index (χ0) is 24.0. The van der Waals surface area contributed by atoms with Gasteiger partial charge >= 0.3 is 6.18 Å². The summed E-state index contributed by atoms with van der Waals surface area (Å²) >= 11 is 0. The number of anilines is 1. The largest absolute Gasteiger partial charge is 0.417 e. The molecule has 0 unspecified atom stereocenters. The van der Waals surface area contributed by atoms with Gasteiger partial charge in [0.15, 0.2) is 0 Å². The van der Waals surface area contributed by atoms with Gasteiger partial charge in [0, 0.05) is 29.3 Å². The van der Waals surface area contributed by atoms with E-state index in [-0.39, 0.29) is 24.6 Å². The molecule has 1 amide bonds. The molecule has 0 spiro atoms. The molecule has 2 atom stereocenters. The second-order valence-corrected chi connectivity index (χ2v) is 8.56. The topological polar surface area (TPSA) is 90.6 Å². The number of aromatic nitrogens is 2. The minimum Gasteiger partial charge on any atom is -0.383 e. The molecule has 1 fully saturated rings. The molecule has 5 rings (SSSR count). The van der Waals surface area contributed by atoms with E-state index in [0.29, 0.717) is 48.8 Å². The summed E-state index contributed by atoms with van der Waals surface area (Å²) in [6, 6.07) is 7.30. The van der Waals surface area contributed by atoms with Gasteiger partial charge in [-0.2, -0.15) is 13.2 Å². The van der Waals surface area contributed by atoms with Gasteiger partial charge in [0.25, 0.3) is 5.91 Å². The third-order valence-corrected chi connectivity index (χ3v) is 6.39. The number of fused-ring (bicyclic) bond motifs is 3. The Morgan fingerprint density at radius 1 is 1.26 bits per heavy atom. The number of alkyl halides is 3. The summed E-state index contributed by atoms with van der Waals surface area (Å²) in [6.45, 7) is 3.23. The Labute approximate surface area is 193 Å². The van der Waals surface area contributed by atoms with Crippen LogP contribution in [0.2, 0.25) is 0 Å². The molecule has 1 saturated heterocycles. The van der Waals surface area contributed by atoms with Gasteiger partial charge < -0.3 is 20.1 Å². The molecular formula is C24H23F3N4O3. The van der Waals surface area contributed by atoms with E-state index in [1.165, 1.54) is 6.07 Å². The van der Waals surface area contributed by atoms with Crippen molar-refractivity contribution >= 4 is 22.6 Å². The van der Waals surface area contributed by atoms with Crippen molar-refractivity contribution in [1.82, 2.24) is 14.9 Å². The van der Waals surface area contributed by atoms with Crippen molar-refractivity contribution in [3.63, 3.8) is 0 Å². The standard InChI is InChI=1S/C24H23F3N4O3/c1-13-21-19(12-34-13)18-8-14(2-5-20(18)30-22(21)28)23(32)31(17-6-7-33-11-17)10-16-4-3-15(9-29-16)24(25,26)27/h2-5,8-9,13,17H,6-7,10-12H2,1H3,(H2,28,30)/t13-,17-/m1/s1. The highest BCUT2D eigenvalue weighted by Gasteiger charge is 2.32. The van der Waals surface area contributed by atoms with E-state index in [2.05, 4.69) is 9.97 Å². The summed E-state index contributed by atoms with van der Waals surface area (Å²) in [5.74, 6) is 0.168. The van der Waals surface area contributed by atoms with Crippen molar-refractivity contribution in [3.05, 3.63) is 64.5 Å². The van der Waals surface area contributed by atoms with Crippen molar-refractivity contribution < 1.29 is 27.4 Å². The van der Waals surface area contributed by atoms with Crippen molar-refractivity contribution in [3.8, 4) is 0 Å². The van der Waals surface area contributed by atoms with Gasteiger partial charge in [-0.25, -0.2) is 4.98 Å². The molecule has 1 aromatic carbocycles. The number of ether oxygens (including phenoxy) is 2. The highest BCUT2D eigenvalue weighted by molar-refractivity contribution is 5.99. The second kappa shape index (κ2) is 8.52. The highest BCUT2D eigenvalue weighted by atomic mass is 19.4. The van der Waals surface area contributed by atoms with E-state index in [9.17, 15) is 18.0 Å². The molecule has 4 heterocycles. The molecule has 2 aliphatic rings. The lowest BCUT2D eigenvalue weighted by atomic mass is 9.99. The van der Waals surface area contributed by atoms with Crippen LogP contribution in [-0.2, 0) is 28.8 Å². The van der Waals surface area contributed by atoms with Crippen LogP contribution in [0.3, 0.4) is 0 Å². The molecule has 2 aromatic heterocycles. The summed E-state index contributed by atoms with van der Waals surface area (Å²) in [7, 11) is 0. The minimum atomic E-state index is -4.47. The molecule has 0 saturated carbocycles. The van der Waals surface area contributed by atoms with Gasteiger partial charge in [0.2, 0.25) is 0 Å². The number of nitrogens with two attached hydrogens (primary N) is 1. The van der Waals surface area contributed by atoms with E-state index in [0.717, 1.165) is 28.8 Å². The summed E-state index contributed by atoms with van der Waals surface area (Å²) in [4.78, 5) is 23.7. The number of carbonyl (C=O) groups excluding carboxylic acids is 1. The van der Waals surface area contributed by atoms with Crippen molar-refractivity contribution in [1.29, 1.82) is 0 Å². The van der Waals surface area contributed by atoms with Crippen molar-refractivity contribution in [2.24, 2.45) is 0 Å². The van der Waals surface area contributed by atoms with Gasteiger partial charge in [-0.05, 0) is 49.2 Å². The fourth-order valence-electron chi connectivity index (χ4n) is 4.56. The third kappa shape index (κ3) is 4.07. The maximum Gasteiger partial charge on any atom is 0.417 e. The summed E-state index contributed by atoms with van der Waals surface area (Å²) < 4.78 is 49.9. The van der Waals surface area contributed by atoms with E-state index in [1.807, 2.05) is 6.92 Å². The Balaban J connectivity index is 1.48. The van der Waals surface area contributed by atoms with Crippen LogP contribution < -0.4 is 5.73 Å². The highest BCUT2D eigenvalue weighted by Crippen LogP contribution is 2.38. The summed E-state index contributed by atoms with van der Waals surface area (Å²) in [5.41, 5.74) is 8.54. The lowest BCUT2D eigenvalue weighted by molar-refractivity contribution is -0.137. The molecule has 10 heteroatoms. The molecular weight excluding hydrogens is 449 g/mol. The fraction of sp³-hybridized carbons (Fsp3) is 0.375. The Morgan fingerprint density at radius 3 is 2.76 bits per heavy atom. The van der Waals surface area contributed by atoms with Crippen LogP contribution in [0.4, 0.5) is 19.0 Å². The van der Waals surface area contributed by atoms with Gasteiger partial charge in [0.05, 0.1) is 48.7 Å². The quantitative estimate of drug-likeness (QED) is 0.611. The average Bonchev–Trinajstić information content (AvgIpc) is 3.47. The van der Waals surface area contributed by atoms with Crippen LogP contribution in [0.1, 0.15) is 52.2 Å². The van der Waals surface area contributed by atoms with Crippen molar-refractivity contribution in [2.45, 2.75) is 44.8 Å². The second-order valence-electron chi connectivity index (χ2n) is 8.56. The van der Waals surface area contributed by atoms with Crippen LogP contribution in [0, 0.1) is 0 Å². The Bertz CT molecular complexity index is 1240. The zero-order valence-electron chi connectivity index (χ0n) is 18.4. The first-order valence-electron chi connectivity index (χ1n) is 11.0. The average molecular weight is 472 g/mol. The van der Waals surface area contributed by atoms with Crippen LogP contribution in [-0.4, -0.2) is 40.0 Å². The Morgan fingerprint density at radius 2 is 2.09 bits per heavy atom. The number of carbonyl (C=O) groups is 1. The predicted octanol–water partition coefficient (Wildman–Crippen LogP) is 4.25. The third-order valence-electron chi connectivity index (χ3n) is 6.39. The van der Waals surface area contributed by atoms with Gasteiger partial charge in [-0.15, -0.1) is 0 Å². The SMILES string of the molecule is C[C@H]1OCc2c1c(N)nc1ccc(C(=O)N(Cc3ccc(C(F)(F)F)cn3)[C@@H]3CCOC3)cc21. The lowest BCUT2D eigenvalue weighted by Crippen LogP contribution is -2.40. The molecule has 2 N–H and O–H groups in total. The summed E-state index contributed by atoms with van der Waals surface area (Å²) in [5, 5.41) is 0.801. The van der Waals surface area contributed by atoms with Crippen molar-refractivity contribution in [2.75, 3.05) is 18.9 Å². The number of rotatable bonds is 4. The van der Waals surface area contributed by atoms with E-state index >= 15 is 0 Å². The van der Waals surface area contributed by atoms with Crippen LogP contribution in [0.25, 0.3) is 10.9 Å². The van der Waals surface area contributed by atoms with Gasteiger partial charge in [0.1, 0.15) is 5.82 Å². The first-order chi connectivity index (χ1) is 16.2. The molecule has 2 aliphatic heterocycles. The Hall–Kier alpha value is -3.24. The number of nitrogens with zero attached hydrogens (tertiary/aromatic N) is 3. The fourth-order valence-corrected chi connectivity index (χ4v) is 4.56. The number of hydrogen-bond acceptors (Lipinski definition) is 6. The smallest absolute Gasteiger partial charge is 0.383 e. The Kier molecular flexibility index (Phi) is 5.65. The zero-order valence-corrected chi connectivity index (χ0v) is 18.4. The number of amides is 1. The number of pyridine rings is 2. The molecule has 7 nitrogen and oxygen atoms in total. The number of halogens is 3. The molecule has 0 aliphatic carbocycles. The first-order valence-corrected chi connectivity index (χ1v) is 11.0. The maximum atomic E-state index is 13.6. The monoisotopic (exact) mass is 472 g/mol. The van der Waals surface area contributed by atoms with E-state index in [1.54, 1.807) is 23.1 Å². The molecule has 0 bridgehead atoms. The summed E-state index contributed by atoms with van der Waals surface area (Å²) in [6.07, 6.45) is -3.22. The molecule has 34 heavy (non-hydrogen) atoms. The predicted molar refractivity (Wildman–Crippen MR) is 118 cm³/mol. The van der Waals surface area contributed by atoms with Gasteiger partial charge in [-0.3, -0.25) is 9.78 Å². The number of nitrogen functional groups attached to an aromatic ring is 1. The molecule has 0 radical (unpaired) electrons. The van der Waals surface area contributed by atoms with E-state index in [4.69, 9.17) is 15.2 Å². The van der Waals surface area contributed by atoms with Crippen LogP contribution in [0.5, 0.6) is 0 Å². The first kappa shape index (κ1) is 22.5. The normalized spacial score (nSPS) is 20.0.